The standard InChI is InChI=1S/C16H17N5O4/c22-12-4-7-20(16(25)18-12)21-14(23)10-2-1-3-11(13(10)15(21)24)19-8-5-17-6-9-19/h1-3,17H,4-9H2,(H,18,22,25). The second-order valence-electron chi connectivity index (χ2n) is 6.09. The maximum atomic E-state index is 13.0. The van der Waals surface area contributed by atoms with Gasteiger partial charge in [0, 0.05) is 32.6 Å². The first-order chi connectivity index (χ1) is 12.1. The minimum atomic E-state index is -0.755. The van der Waals surface area contributed by atoms with Gasteiger partial charge in [-0.2, -0.15) is 5.01 Å². The molecule has 1 aromatic rings. The fourth-order valence-electron chi connectivity index (χ4n) is 3.39. The van der Waals surface area contributed by atoms with E-state index >= 15 is 0 Å². The Kier molecular flexibility index (Phi) is 3.65. The predicted molar refractivity (Wildman–Crippen MR) is 86.9 cm³/mol. The van der Waals surface area contributed by atoms with Gasteiger partial charge in [0.1, 0.15) is 0 Å². The Hall–Kier alpha value is -2.94. The summed E-state index contributed by atoms with van der Waals surface area (Å²) in [6, 6.07) is 4.40. The summed E-state index contributed by atoms with van der Waals surface area (Å²) in [5.41, 5.74) is 1.30. The average Bonchev–Trinajstić information content (AvgIpc) is 2.87. The highest BCUT2D eigenvalue weighted by molar-refractivity contribution is 6.24. The van der Waals surface area contributed by atoms with Gasteiger partial charge in [-0.25, -0.2) is 9.80 Å². The van der Waals surface area contributed by atoms with E-state index < -0.39 is 23.8 Å². The largest absolute Gasteiger partial charge is 0.368 e. The summed E-state index contributed by atoms with van der Waals surface area (Å²) in [6.45, 7) is 3.06. The van der Waals surface area contributed by atoms with Crippen molar-refractivity contribution in [1.29, 1.82) is 0 Å². The zero-order valence-corrected chi connectivity index (χ0v) is 13.4. The van der Waals surface area contributed by atoms with Crippen LogP contribution in [0.15, 0.2) is 18.2 Å². The third-order valence-electron chi connectivity index (χ3n) is 4.60. The van der Waals surface area contributed by atoms with Crippen molar-refractivity contribution in [2.75, 3.05) is 37.6 Å². The lowest BCUT2D eigenvalue weighted by atomic mass is 10.1. The summed E-state index contributed by atoms with van der Waals surface area (Å²) in [5.74, 6) is -1.49. The van der Waals surface area contributed by atoms with Gasteiger partial charge in [-0.15, -0.1) is 0 Å². The van der Waals surface area contributed by atoms with Crippen LogP contribution in [-0.2, 0) is 4.79 Å². The molecule has 0 aromatic heterocycles. The molecule has 0 saturated carbocycles. The zero-order valence-electron chi connectivity index (χ0n) is 13.4. The smallest absolute Gasteiger partial charge is 0.343 e. The Morgan fingerprint density at radius 2 is 1.68 bits per heavy atom. The normalized spacial score (nSPS) is 20.9. The van der Waals surface area contributed by atoms with Crippen LogP contribution < -0.4 is 15.5 Å². The molecule has 9 nitrogen and oxygen atoms in total. The predicted octanol–water partition coefficient (Wildman–Crippen LogP) is -0.451. The molecule has 1 aromatic carbocycles. The Morgan fingerprint density at radius 3 is 2.40 bits per heavy atom. The number of carbonyl (C=O) groups excluding carboxylic acids is 4. The summed E-state index contributed by atoms with van der Waals surface area (Å²) >= 11 is 0. The van der Waals surface area contributed by atoms with Gasteiger partial charge >= 0.3 is 6.03 Å². The number of piperazine rings is 1. The molecule has 25 heavy (non-hydrogen) atoms. The molecule has 0 atom stereocenters. The minimum absolute atomic E-state index is 0.000890. The van der Waals surface area contributed by atoms with Crippen LogP contribution in [0.4, 0.5) is 10.5 Å². The molecule has 3 heterocycles. The number of benzene rings is 1. The van der Waals surface area contributed by atoms with Crippen LogP contribution in [-0.4, -0.2) is 66.5 Å². The van der Waals surface area contributed by atoms with E-state index in [1.807, 2.05) is 6.07 Å². The summed E-state index contributed by atoms with van der Waals surface area (Å²) in [7, 11) is 0. The van der Waals surface area contributed by atoms with E-state index in [1.165, 1.54) is 0 Å². The van der Waals surface area contributed by atoms with Crippen molar-refractivity contribution in [2.24, 2.45) is 0 Å². The molecule has 0 bridgehead atoms. The topological polar surface area (TPSA) is 102 Å². The van der Waals surface area contributed by atoms with E-state index in [4.69, 9.17) is 0 Å². The quantitative estimate of drug-likeness (QED) is 0.705. The number of rotatable bonds is 2. The van der Waals surface area contributed by atoms with Gasteiger partial charge in [0.05, 0.1) is 23.4 Å². The first kappa shape index (κ1) is 15.6. The first-order valence-corrected chi connectivity index (χ1v) is 8.16. The molecule has 2 fully saturated rings. The van der Waals surface area contributed by atoms with Gasteiger partial charge in [-0.05, 0) is 12.1 Å². The van der Waals surface area contributed by atoms with E-state index in [-0.39, 0.29) is 18.5 Å². The van der Waals surface area contributed by atoms with Crippen molar-refractivity contribution in [3.63, 3.8) is 0 Å². The van der Waals surface area contributed by atoms with Crippen LogP contribution in [0.1, 0.15) is 27.1 Å². The van der Waals surface area contributed by atoms with E-state index in [0.717, 1.165) is 36.2 Å². The van der Waals surface area contributed by atoms with E-state index in [2.05, 4.69) is 15.5 Å². The molecule has 3 aliphatic heterocycles. The molecule has 0 aliphatic carbocycles. The molecular weight excluding hydrogens is 326 g/mol. The number of hydrogen-bond acceptors (Lipinski definition) is 6. The highest BCUT2D eigenvalue weighted by atomic mass is 16.2. The van der Waals surface area contributed by atoms with E-state index in [9.17, 15) is 19.2 Å². The lowest BCUT2D eigenvalue weighted by molar-refractivity contribution is -0.122. The number of amides is 5. The molecule has 5 amide bonds. The molecule has 9 heteroatoms. The van der Waals surface area contributed by atoms with Crippen LogP contribution in [0.3, 0.4) is 0 Å². The number of carbonyl (C=O) groups is 4. The van der Waals surface area contributed by atoms with Crippen molar-refractivity contribution in [3.8, 4) is 0 Å². The lowest BCUT2D eigenvalue weighted by Gasteiger charge is -2.33. The molecule has 0 spiro atoms. The maximum Gasteiger partial charge on any atom is 0.343 e. The molecule has 130 valence electrons. The van der Waals surface area contributed by atoms with Gasteiger partial charge in [0.15, 0.2) is 0 Å². The number of imide groups is 2. The Balaban J connectivity index is 1.70. The van der Waals surface area contributed by atoms with Crippen LogP contribution in [0.5, 0.6) is 0 Å². The van der Waals surface area contributed by atoms with Gasteiger partial charge in [-0.3, -0.25) is 19.7 Å². The second-order valence-corrected chi connectivity index (χ2v) is 6.09. The van der Waals surface area contributed by atoms with Crippen LogP contribution in [0.25, 0.3) is 0 Å². The molecule has 2 saturated heterocycles. The van der Waals surface area contributed by atoms with Crippen molar-refractivity contribution < 1.29 is 19.2 Å². The third kappa shape index (κ3) is 2.43. The lowest BCUT2D eigenvalue weighted by Crippen LogP contribution is -2.58. The van der Waals surface area contributed by atoms with Crippen LogP contribution >= 0.6 is 0 Å². The number of nitrogens with one attached hydrogen (secondary N) is 2. The molecule has 3 aliphatic rings. The highest BCUT2D eigenvalue weighted by Gasteiger charge is 2.44. The number of nitrogens with zero attached hydrogens (tertiary/aromatic N) is 3. The van der Waals surface area contributed by atoms with Gasteiger partial charge in [0.25, 0.3) is 11.8 Å². The summed E-state index contributed by atoms with van der Waals surface area (Å²) < 4.78 is 0. The molecule has 0 unspecified atom stereocenters. The maximum absolute atomic E-state index is 13.0. The van der Waals surface area contributed by atoms with Gasteiger partial charge in [0.2, 0.25) is 5.91 Å². The first-order valence-electron chi connectivity index (χ1n) is 8.16. The number of hydrazine groups is 1. The summed E-state index contributed by atoms with van der Waals surface area (Å²) in [5, 5.41) is 7.23. The van der Waals surface area contributed by atoms with Crippen molar-refractivity contribution in [3.05, 3.63) is 29.3 Å². The van der Waals surface area contributed by atoms with Crippen molar-refractivity contribution in [2.45, 2.75) is 6.42 Å². The second kappa shape index (κ2) is 5.85. The molecule has 0 radical (unpaired) electrons. The zero-order chi connectivity index (χ0) is 17.6. The number of hydrogen-bond donors (Lipinski definition) is 2. The van der Waals surface area contributed by atoms with Crippen molar-refractivity contribution >= 4 is 29.4 Å². The van der Waals surface area contributed by atoms with Crippen LogP contribution in [0.2, 0.25) is 0 Å². The number of anilines is 1. The minimum Gasteiger partial charge on any atom is -0.368 e. The van der Waals surface area contributed by atoms with E-state index in [0.29, 0.717) is 11.3 Å². The average molecular weight is 343 g/mol. The molecule has 4 rings (SSSR count). The monoisotopic (exact) mass is 343 g/mol. The Labute approximate surface area is 143 Å². The highest BCUT2D eigenvalue weighted by Crippen LogP contribution is 2.33. The third-order valence-corrected chi connectivity index (χ3v) is 4.60. The number of fused-ring (bicyclic) bond motifs is 1. The fraction of sp³-hybridized carbons (Fsp3) is 0.375. The number of urea groups is 1. The Morgan fingerprint density at radius 1 is 0.920 bits per heavy atom. The van der Waals surface area contributed by atoms with E-state index in [1.54, 1.807) is 12.1 Å². The van der Waals surface area contributed by atoms with Gasteiger partial charge in [-0.1, -0.05) is 6.07 Å². The summed E-state index contributed by atoms with van der Waals surface area (Å²) in [6.07, 6.45) is 0.0454. The van der Waals surface area contributed by atoms with Crippen molar-refractivity contribution in [1.82, 2.24) is 20.7 Å². The SMILES string of the molecule is O=C1CCN(N2C(=O)c3cccc(N4CCNCC4)c3C2=O)C(=O)N1. The fourth-order valence-corrected chi connectivity index (χ4v) is 3.39. The molecule has 2 N–H and O–H groups in total. The van der Waals surface area contributed by atoms with Gasteiger partial charge < -0.3 is 10.2 Å². The molecular formula is C16H17N5O4. The Bertz CT molecular complexity index is 787. The van der Waals surface area contributed by atoms with Crippen LogP contribution in [0, 0.1) is 0 Å². The summed E-state index contributed by atoms with van der Waals surface area (Å²) in [4.78, 5) is 51.1.